The summed E-state index contributed by atoms with van der Waals surface area (Å²) in [6.45, 7) is 0.197. The van der Waals surface area contributed by atoms with Gasteiger partial charge >= 0.3 is 5.69 Å². The first kappa shape index (κ1) is 21.6. The van der Waals surface area contributed by atoms with Gasteiger partial charge in [-0.3, -0.25) is 19.5 Å². The standard InChI is InChI=1S/C24H23N5O5/c1-34-20-12-5-4-11-19(20)28-22-21(23(30)27(24(28)31)17-8-2-3-9-17)26(15-25-22)14-16-7-6-10-18(13-16)29(32)33/h4-7,10-13,15,17H,2-3,8-9,14H2,1H3. The molecule has 34 heavy (non-hydrogen) atoms. The van der Waals surface area contributed by atoms with E-state index in [-0.39, 0.29) is 29.4 Å². The molecule has 5 rings (SSSR count). The molecule has 1 aliphatic rings. The summed E-state index contributed by atoms with van der Waals surface area (Å²) in [7, 11) is 1.52. The molecule has 0 bridgehead atoms. The molecule has 0 amide bonds. The molecule has 174 valence electrons. The van der Waals surface area contributed by atoms with Crippen LogP contribution in [0.4, 0.5) is 5.69 Å². The number of nitro benzene ring substituents is 1. The van der Waals surface area contributed by atoms with Crippen molar-refractivity contribution in [3.63, 3.8) is 0 Å². The summed E-state index contributed by atoms with van der Waals surface area (Å²) in [5.41, 5.74) is 0.748. The van der Waals surface area contributed by atoms with E-state index in [2.05, 4.69) is 4.98 Å². The van der Waals surface area contributed by atoms with Crippen molar-refractivity contribution in [3.8, 4) is 11.4 Å². The molecular formula is C24H23N5O5. The third kappa shape index (κ3) is 3.57. The fraction of sp³-hybridized carbons (Fsp3) is 0.292. The fourth-order valence-corrected chi connectivity index (χ4v) is 4.75. The lowest BCUT2D eigenvalue weighted by Crippen LogP contribution is -2.42. The van der Waals surface area contributed by atoms with E-state index in [1.807, 2.05) is 0 Å². The quantitative estimate of drug-likeness (QED) is 0.321. The summed E-state index contributed by atoms with van der Waals surface area (Å²) in [4.78, 5) is 42.5. The van der Waals surface area contributed by atoms with Crippen molar-refractivity contribution < 1.29 is 9.66 Å². The van der Waals surface area contributed by atoms with Crippen LogP contribution in [0.2, 0.25) is 0 Å². The Bertz CT molecular complexity index is 1510. The van der Waals surface area contributed by atoms with Crippen molar-refractivity contribution in [3.05, 3.63) is 91.4 Å². The van der Waals surface area contributed by atoms with Crippen molar-refractivity contribution in [2.24, 2.45) is 0 Å². The molecule has 10 nitrogen and oxygen atoms in total. The second kappa shape index (κ2) is 8.62. The average Bonchev–Trinajstić information content (AvgIpc) is 3.50. The predicted molar refractivity (Wildman–Crippen MR) is 126 cm³/mol. The van der Waals surface area contributed by atoms with Crippen LogP contribution in [0.1, 0.15) is 37.3 Å². The summed E-state index contributed by atoms with van der Waals surface area (Å²) in [5, 5.41) is 11.2. The largest absolute Gasteiger partial charge is 0.495 e. The number of rotatable bonds is 6. The molecule has 0 radical (unpaired) electrons. The number of benzene rings is 2. The number of para-hydroxylation sites is 2. The van der Waals surface area contributed by atoms with Gasteiger partial charge in [-0.25, -0.2) is 14.3 Å². The molecule has 4 aromatic rings. The normalized spacial score (nSPS) is 14.0. The summed E-state index contributed by atoms with van der Waals surface area (Å²) in [6, 6.07) is 13.2. The lowest BCUT2D eigenvalue weighted by Gasteiger charge is -2.18. The topological polar surface area (TPSA) is 114 Å². The molecule has 0 spiro atoms. The van der Waals surface area contributed by atoms with Gasteiger partial charge in [-0.05, 0) is 30.5 Å². The Balaban J connectivity index is 1.77. The van der Waals surface area contributed by atoms with Gasteiger partial charge in [0.05, 0.1) is 24.0 Å². The van der Waals surface area contributed by atoms with E-state index in [0.29, 0.717) is 17.0 Å². The molecule has 0 unspecified atom stereocenters. The third-order valence-electron chi connectivity index (χ3n) is 6.34. The Morgan fingerprint density at radius 1 is 1.12 bits per heavy atom. The van der Waals surface area contributed by atoms with Crippen LogP contribution in [0.5, 0.6) is 5.75 Å². The van der Waals surface area contributed by atoms with Crippen LogP contribution in [-0.2, 0) is 6.54 Å². The lowest BCUT2D eigenvalue weighted by molar-refractivity contribution is -0.384. The highest BCUT2D eigenvalue weighted by Gasteiger charge is 2.27. The molecule has 2 aromatic carbocycles. The van der Waals surface area contributed by atoms with Gasteiger partial charge in [-0.2, -0.15) is 0 Å². The fourth-order valence-electron chi connectivity index (χ4n) is 4.75. The number of nitro groups is 1. The van der Waals surface area contributed by atoms with Gasteiger partial charge in [0.15, 0.2) is 11.2 Å². The van der Waals surface area contributed by atoms with E-state index < -0.39 is 16.2 Å². The van der Waals surface area contributed by atoms with Gasteiger partial charge < -0.3 is 9.30 Å². The zero-order chi connectivity index (χ0) is 23.8. The number of hydrogen-bond donors (Lipinski definition) is 0. The highest BCUT2D eigenvalue weighted by molar-refractivity contribution is 5.73. The Morgan fingerprint density at radius 2 is 1.88 bits per heavy atom. The minimum atomic E-state index is -0.456. The Hall–Kier alpha value is -4.21. The molecule has 2 heterocycles. The first-order valence-corrected chi connectivity index (χ1v) is 11.1. The van der Waals surface area contributed by atoms with E-state index in [1.165, 1.54) is 34.7 Å². The number of methoxy groups -OCH3 is 1. The van der Waals surface area contributed by atoms with Crippen molar-refractivity contribution >= 4 is 16.9 Å². The number of ether oxygens (including phenoxy) is 1. The van der Waals surface area contributed by atoms with Crippen LogP contribution in [0.3, 0.4) is 0 Å². The molecular weight excluding hydrogens is 438 g/mol. The highest BCUT2D eigenvalue weighted by Crippen LogP contribution is 2.29. The molecule has 10 heteroatoms. The first-order chi connectivity index (χ1) is 16.5. The van der Waals surface area contributed by atoms with Crippen molar-refractivity contribution in [1.82, 2.24) is 18.7 Å². The third-order valence-corrected chi connectivity index (χ3v) is 6.34. The van der Waals surface area contributed by atoms with Crippen LogP contribution in [0.15, 0.2) is 64.4 Å². The number of fused-ring (bicyclic) bond motifs is 1. The number of nitrogens with zero attached hydrogens (tertiary/aromatic N) is 5. The lowest BCUT2D eigenvalue weighted by atomic mass is 10.2. The molecule has 1 aliphatic carbocycles. The predicted octanol–water partition coefficient (Wildman–Crippen LogP) is 3.43. The van der Waals surface area contributed by atoms with E-state index in [9.17, 15) is 19.7 Å². The van der Waals surface area contributed by atoms with Gasteiger partial charge in [0.25, 0.3) is 11.2 Å². The summed E-state index contributed by atoms with van der Waals surface area (Å²) >= 11 is 0. The van der Waals surface area contributed by atoms with Crippen LogP contribution >= 0.6 is 0 Å². The summed E-state index contributed by atoms with van der Waals surface area (Å²) < 4.78 is 9.91. The van der Waals surface area contributed by atoms with Gasteiger partial charge in [-0.15, -0.1) is 0 Å². The maximum absolute atomic E-state index is 13.7. The molecule has 0 saturated heterocycles. The number of aromatic nitrogens is 4. The molecule has 1 saturated carbocycles. The van der Waals surface area contributed by atoms with Gasteiger partial charge in [0.1, 0.15) is 5.75 Å². The second-order valence-corrected chi connectivity index (χ2v) is 8.37. The monoisotopic (exact) mass is 461 g/mol. The van der Waals surface area contributed by atoms with Crippen molar-refractivity contribution in [2.45, 2.75) is 38.3 Å². The van der Waals surface area contributed by atoms with E-state index in [1.54, 1.807) is 41.0 Å². The number of non-ortho nitro benzene ring substituents is 1. The van der Waals surface area contributed by atoms with Crippen molar-refractivity contribution in [1.29, 1.82) is 0 Å². The van der Waals surface area contributed by atoms with Crippen LogP contribution in [-0.4, -0.2) is 30.7 Å². The minimum absolute atomic E-state index is 0.0313. The SMILES string of the molecule is COc1ccccc1-n1c(=O)n(C2CCCC2)c(=O)c2c1ncn2Cc1cccc([N+](=O)[O-])c1. The summed E-state index contributed by atoms with van der Waals surface area (Å²) in [5.74, 6) is 0.482. The second-order valence-electron chi connectivity index (χ2n) is 8.37. The Labute approximate surface area is 193 Å². The van der Waals surface area contributed by atoms with Crippen LogP contribution in [0.25, 0.3) is 16.9 Å². The zero-order valence-corrected chi connectivity index (χ0v) is 18.6. The Kier molecular flexibility index (Phi) is 5.48. The number of imidazole rings is 1. The first-order valence-electron chi connectivity index (χ1n) is 11.1. The van der Waals surface area contributed by atoms with Crippen molar-refractivity contribution in [2.75, 3.05) is 7.11 Å². The number of hydrogen-bond acceptors (Lipinski definition) is 6. The van der Waals surface area contributed by atoms with Crippen LogP contribution in [0, 0.1) is 10.1 Å². The molecule has 2 aromatic heterocycles. The molecule has 0 atom stereocenters. The van der Waals surface area contributed by atoms with Gasteiger partial charge in [0.2, 0.25) is 0 Å². The maximum Gasteiger partial charge on any atom is 0.337 e. The zero-order valence-electron chi connectivity index (χ0n) is 18.6. The average molecular weight is 461 g/mol. The van der Waals surface area contributed by atoms with E-state index in [0.717, 1.165) is 25.7 Å². The Morgan fingerprint density at radius 3 is 2.62 bits per heavy atom. The van der Waals surface area contributed by atoms with E-state index >= 15 is 0 Å². The van der Waals surface area contributed by atoms with E-state index in [4.69, 9.17) is 4.74 Å². The van der Waals surface area contributed by atoms with Crippen LogP contribution < -0.4 is 16.0 Å². The highest BCUT2D eigenvalue weighted by atomic mass is 16.6. The molecule has 0 N–H and O–H groups in total. The maximum atomic E-state index is 13.7. The molecule has 0 aliphatic heterocycles. The summed E-state index contributed by atoms with van der Waals surface area (Å²) in [6.07, 6.45) is 4.92. The smallest absolute Gasteiger partial charge is 0.337 e. The van der Waals surface area contributed by atoms with Gasteiger partial charge in [0, 0.05) is 24.7 Å². The molecule has 1 fully saturated rings. The van der Waals surface area contributed by atoms with Gasteiger partial charge in [-0.1, -0.05) is 37.1 Å². The minimum Gasteiger partial charge on any atom is -0.495 e.